The van der Waals surface area contributed by atoms with Crippen LogP contribution >= 0.6 is 0 Å². The zero-order chi connectivity index (χ0) is 10.8. The van der Waals surface area contributed by atoms with E-state index >= 15 is 0 Å². The average molecular weight is 205 g/mol. The Bertz CT molecular complexity index is 320. The highest BCUT2D eigenvalue weighted by Crippen LogP contribution is 2.27. The normalized spacial score (nSPS) is 11.5. The molecule has 1 N–H and O–H groups in total. The monoisotopic (exact) mass is 205 g/mol. The van der Waals surface area contributed by atoms with Crippen LogP contribution < -0.4 is 4.74 Å². The second-order valence-electron chi connectivity index (χ2n) is 2.70. The quantitative estimate of drug-likeness (QED) is 0.804. The lowest BCUT2D eigenvalue weighted by molar-refractivity contribution is -0.274. The van der Waals surface area contributed by atoms with Crippen LogP contribution in [0, 0.1) is 13.5 Å². The van der Waals surface area contributed by atoms with Crippen molar-refractivity contribution in [2.75, 3.05) is 0 Å². The van der Waals surface area contributed by atoms with E-state index in [2.05, 4.69) is 4.74 Å². The van der Waals surface area contributed by atoms with Gasteiger partial charge in [0.25, 0.3) is 0 Å². The van der Waals surface area contributed by atoms with Gasteiger partial charge in [-0.05, 0) is 24.1 Å². The summed E-state index contributed by atoms with van der Waals surface area (Å²) in [6.07, 6.45) is -4.71. The van der Waals surface area contributed by atoms with E-state index in [1.165, 1.54) is 19.1 Å². The maximum Gasteiger partial charge on any atom is 0.573 e. The number of rotatable bonds is 2. The van der Waals surface area contributed by atoms with E-state index < -0.39 is 6.36 Å². The Labute approximate surface area is 78.9 Å². The number of hydrogen-bond acceptors (Lipinski definition) is 2. The molecule has 0 aliphatic rings. The zero-order valence-corrected chi connectivity index (χ0v) is 7.30. The molecule has 2 nitrogen and oxygen atoms in total. The van der Waals surface area contributed by atoms with Gasteiger partial charge in [-0.1, -0.05) is 12.1 Å². The lowest BCUT2D eigenvalue weighted by Crippen LogP contribution is -2.17. The number of aliphatic hydroxyl groups excluding tert-OH is 1. The number of hydrogen-bond donors (Lipinski definition) is 1. The van der Waals surface area contributed by atoms with Crippen LogP contribution in [0.3, 0.4) is 0 Å². The van der Waals surface area contributed by atoms with Gasteiger partial charge in [-0.15, -0.1) is 13.2 Å². The fourth-order valence-corrected chi connectivity index (χ4v) is 0.932. The van der Waals surface area contributed by atoms with Crippen molar-refractivity contribution in [2.24, 2.45) is 0 Å². The molecule has 1 rings (SSSR count). The molecule has 0 aromatic heterocycles. The molecule has 0 saturated carbocycles. The summed E-state index contributed by atoms with van der Waals surface area (Å²) in [5.41, 5.74) is 0.614. The summed E-state index contributed by atoms with van der Waals surface area (Å²) in [7, 11) is 0. The summed E-state index contributed by atoms with van der Waals surface area (Å²) >= 11 is 0. The molecule has 0 aliphatic heterocycles. The molecule has 0 bridgehead atoms. The number of aryl methyl sites for hydroxylation is 1. The minimum Gasteiger partial charge on any atom is -0.406 e. The Kier molecular flexibility index (Phi) is 3.00. The SMILES string of the molecule is Cc1ccc([CH]O)cc1OC(F)(F)F. The molecule has 0 spiro atoms. The third-order valence-electron chi connectivity index (χ3n) is 1.59. The average Bonchev–Trinajstić information content (AvgIpc) is 2.06. The molecule has 0 heterocycles. The molecule has 0 fully saturated rings. The van der Waals surface area contributed by atoms with E-state index in [9.17, 15) is 13.2 Å². The van der Waals surface area contributed by atoms with E-state index in [0.29, 0.717) is 12.2 Å². The van der Waals surface area contributed by atoms with Crippen molar-refractivity contribution in [1.29, 1.82) is 0 Å². The molecule has 0 saturated heterocycles. The maximum absolute atomic E-state index is 11.9. The van der Waals surface area contributed by atoms with Crippen molar-refractivity contribution >= 4 is 0 Å². The molecule has 77 valence electrons. The van der Waals surface area contributed by atoms with E-state index in [1.54, 1.807) is 0 Å². The molecule has 0 atom stereocenters. The van der Waals surface area contributed by atoms with Crippen molar-refractivity contribution in [1.82, 2.24) is 0 Å². The van der Waals surface area contributed by atoms with Crippen molar-refractivity contribution < 1.29 is 23.0 Å². The maximum atomic E-state index is 11.9. The highest BCUT2D eigenvalue weighted by Gasteiger charge is 2.31. The second-order valence-corrected chi connectivity index (χ2v) is 2.70. The van der Waals surface area contributed by atoms with E-state index in [1.807, 2.05) is 0 Å². The molecule has 1 aromatic rings. The van der Waals surface area contributed by atoms with Crippen LogP contribution in [-0.2, 0) is 0 Å². The van der Waals surface area contributed by atoms with Crippen molar-refractivity contribution in [2.45, 2.75) is 13.3 Å². The molecule has 1 radical (unpaired) electrons. The van der Waals surface area contributed by atoms with Crippen molar-refractivity contribution in [3.8, 4) is 5.75 Å². The Morgan fingerprint density at radius 2 is 2.00 bits per heavy atom. The van der Waals surface area contributed by atoms with Crippen LogP contribution in [0.1, 0.15) is 11.1 Å². The van der Waals surface area contributed by atoms with Crippen LogP contribution in [0.25, 0.3) is 0 Å². The fourth-order valence-electron chi connectivity index (χ4n) is 0.932. The molecule has 0 unspecified atom stereocenters. The standard InChI is InChI=1S/C9H8F3O2/c1-6-2-3-7(5-13)4-8(6)14-9(10,11)12/h2-5,13H,1H3. The summed E-state index contributed by atoms with van der Waals surface area (Å²) in [5, 5.41) is 8.59. The van der Waals surface area contributed by atoms with Gasteiger partial charge in [0, 0.05) is 0 Å². The van der Waals surface area contributed by atoms with E-state index in [-0.39, 0.29) is 11.3 Å². The van der Waals surface area contributed by atoms with Crippen LogP contribution in [0.15, 0.2) is 18.2 Å². The predicted octanol–water partition coefficient (Wildman–Crippen LogP) is 2.78. The number of aliphatic hydroxyl groups is 1. The first-order chi connectivity index (χ1) is 6.42. The third kappa shape index (κ3) is 2.92. The molecule has 1 aromatic carbocycles. The Hall–Kier alpha value is -1.23. The van der Waals surface area contributed by atoms with Gasteiger partial charge in [0.2, 0.25) is 0 Å². The van der Waals surface area contributed by atoms with Crippen molar-refractivity contribution in [3.63, 3.8) is 0 Å². The van der Waals surface area contributed by atoms with Crippen molar-refractivity contribution in [3.05, 3.63) is 35.9 Å². The molecule has 0 aliphatic carbocycles. The lowest BCUT2D eigenvalue weighted by Gasteiger charge is -2.11. The summed E-state index contributed by atoms with van der Waals surface area (Å²) < 4.78 is 39.3. The minimum atomic E-state index is -4.71. The Morgan fingerprint density at radius 3 is 2.50 bits per heavy atom. The van der Waals surface area contributed by atoms with Gasteiger partial charge in [-0.2, -0.15) is 0 Å². The van der Waals surface area contributed by atoms with Crippen LogP contribution in [-0.4, -0.2) is 11.5 Å². The number of halogens is 3. The lowest BCUT2D eigenvalue weighted by atomic mass is 10.1. The van der Waals surface area contributed by atoms with Gasteiger partial charge in [0.1, 0.15) is 12.4 Å². The van der Waals surface area contributed by atoms with Crippen LogP contribution in [0.2, 0.25) is 0 Å². The van der Waals surface area contributed by atoms with Gasteiger partial charge in [-0.3, -0.25) is 0 Å². The second kappa shape index (κ2) is 3.88. The number of ether oxygens (including phenoxy) is 1. The van der Waals surface area contributed by atoms with Gasteiger partial charge in [-0.25, -0.2) is 0 Å². The summed E-state index contributed by atoms with van der Waals surface area (Å²) in [5.74, 6) is -0.305. The Balaban J connectivity index is 2.95. The number of benzene rings is 1. The first-order valence-corrected chi connectivity index (χ1v) is 3.76. The minimum absolute atomic E-state index is 0.259. The molecular weight excluding hydrogens is 197 g/mol. The highest BCUT2D eigenvalue weighted by molar-refractivity contribution is 5.38. The molecule has 5 heteroatoms. The topological polar surface area (TPSA) is 29.5 Å². The van der Waals surface area contributed by atoms with E-state index in [0.717, 1.165) is 6.07 Å². The highest BCUT2D eigenvalue weighted by atomic mass is 19.4. The summed E-state index contributed by atoms with van der Waals surface area (Å²) in [4.78, 5) is 0. The fraction of sp³-hybridized carbons (Fsp3) is 0.222. The molecule has 14 heavy (non-hydrogen) atoms. The van der Waals surface area contributed by atoms with Gasteiger partial charge in [0.05, 0.1) is 0 Å². The first-order valence-electron chi connectivity index (χ1n) is 3.76. The van der Waals surface area contributed by atoms with Crippen LogP contribution in [0.4, 0.5) is 13.2 Å². The van der Waals surface area contributed by atoms with Gasteiger partial charge < -0.3 is 9.84 Å². The zero-order valence-electron chi connectivity index (χ0n) is 7.30. The smallest absolute Gasteiger partial charge is 0.406 e. The van der Waals surface area contributed by atoms with E-state index in [4.69, 9.17) is 5.11 Å². The summed E-state index contributed by atoms with van der Waals surface area (Å²) in [6.45, 7) is 2.20. The van der Waals surface area contributed by atoms with Gasteiger partial charge >= 0.3 is 6.36 Å². The number of alkyl halides is 3. The molecular formula is C9H8F3O2. The Morgan fingerprint density at radius 1 is 1.36 bits per heavy atom. The largest absolute Gasteiger partial charge is 0.573 e. The van der Waals surface area contributed by atoms with Gasteiger partial charge in [0.15, 0.2) is 0 Å². The summed E-state index contributed by atoms with van der Waals surface area (Å²) in [6, 6.07) is 4.03. The van der Waals surface area contributed by atoms with Crippen LogP contribution in [0.5, 0.6) is 5.75 Å². The third-order valence-corrected chi connectivity index (χ3v) is 1.59. The first kappa shape index (κ1) is 10.8. The predicted molar refractivity (Wildman–Crippen MR) is 43.2 cm³/mol. The molecule has 0 amide bonds.